The summed E-state index contributed by atoms with van der Waals surface area (Å²) >= 11 is 0. The number of benzene rings is 2. The number of carboxylic acids is 1. The van der Waals surface area contributed by atoms with Gasteiger partial charge < -0.3 is 94.8 Å². The maximum atomic E-state index is 12.0. The summed E-state index contributed by atoms with van der Waals surface area (Å²) in [7, 11) is 0. The molecular weight excluding hydrogens is 708 g/mol. The fourth-order valence-corrected chi connectivity index (χ4v) is 5.55. The Morgan fingerprint density at radius 1 is 0.788 bits per heavy atom. The topological polar surface area (TPSA) is 356 Å². The number of carboxylic acid groups (broad SMARTS) is 1. The molecule has 1 unspecified atom stereocenters. The van der Waals surface area contributed by atoms with E-state index in [1.165, 1.54) is 6.08 Å². The number of phenols is 4. The average molecular weight is 746 g/mol. The number of ether oxygens (including phenoxy) is 6. The first-order chi connectivity index (χ1) is 24.5. The number of carbonyl (C=O) groups is 2. The molecule has 14 N–H and O–H groups in total. The lowest BCUT2D eigenvalue weighted by Gasteiger charge is -2.41. The lowest BCUT2D eigenvalue weighted by molar-refractivity contribution is -0.296. The molecule has 2 fully saturated rings. The van der Waals surface area contributed by atoms with Crippen molar-refractivity contribution in [3.8, 4) is 34.5 Å². The zero-order valence-electron chi connectivity index (χ0n) is 26.6. The van der Waals surface area contributed by atoms with E-state index < -0.39 is 128 Å². The molecule has 52 heavy (non-hydrogen) atoms. The minimum atomic E-state index is -2.09. The van der Waals surface area contributed by atoms with Crippen molar-refractivity contribution in [1.82, 2.24) is 0 Å². The normalized spacial score (nSPS) is 32.1. The van der Waals surface area contributed by atoms with E-state index in [9.17, 15) is 70.9 Å². The number of aliphatic carboxylic acids is 1. The Bertz CT molecular complexity index is 1640. The maximum absolute atomic E-state index is 12.0. The molecule has 0 bridgehead atoms. The number of aliphatic hydroxyl groups excluding tert-OH is 8. The van der Waals surface area contributed by atoms with Crippen LogP contribution in [-0.2, 0) is 28.5 Å². The summed E-state index contributed by atoms with van der Waals surface area (Å²) in [5, 5.41) is 132. The first kappa shape index (κ1) is 38.5. The second-order valence-electron chi connectivity index (χ2n) is 12.1. The van der Waals surface area contributed by atoms with Crippen molar-refractivity contribution in [2.24, 2.45) is 0 Å². The number of esters is 1. The first-order valence-corrected chi connectivity index (χ1v) is 15.4. The van der Waals surface area contributed by atoms with Gasteiger partial charge in [-0.3, -0.25) is 4.79 Å². The molecule has 2 aromatic carbocycles. The van der Waals surface area contributed by atoms with E-state index in [0.29, 0.717) is 0 Å². The van der Waals surface area contributed by atoms with Gasteiger partial charge in [0.15, 0.2) is 29.1 Å². The van der Waals surface area contributed by atoms with Crippen LogP contribution in [0.5, 0.6) is 34.5 Å². The fourth-order valence-electron chi connectivity index (χ4n) is 5.55. The van der Waals surface area contributed by atoms with E-state index in [4.69, 9.17) is 28.8 Å². The number of phenolic OH excluding ortho intramolecular Hbond substituents is 4. The molecule has 0 aliphatic carbocycles. The Hall–Kier alpha value is -4.68. The van der Waals surface area contributed by atoms with Gasteiger partial charge in [0.05, 0.1) is 24.7 Å². The van der Waals surface area contributed by atoms with Gasteiger partial charge in [-0.15, -0.1) is 0 Å². The van der Waals surface area contributed by atoms with Crippen LogP contribution in [0, 0.1) is 0 Å². The van der Waals surface area contributed by atoms with Crippen molar-refractivity contribution in [3.63, 3.8) is 0 Å². The van der Waals surface area contributed by atoms with Crippen molar-refractivity contribution in [2.45, 2.75) is 80.0 Å². The number of fused-ring (bicyclic) bond motifs is 1. The van der Waals surface area contributed by atoms with Crippen molar-refractivity contribution >= 4 is 18.0 Å². The van der Waals surface area contributed by atoms with Crippen LogP contribution < -0.4 is 4.74 Å². The highest BCUT2D eigenvalue weighted by molar-refractivity contribution is 5.80. The smallest absolute Gasteiger partial charge is 0.333 e. The van der Waals surface area contributed by atoms with Gasteiger partial charge in [-0.25, -0.2) is 4.79 Å². The van der Waals surface area contributed by atoms with E-state index in [2.05, 4.69) is 4.74 Å². The molecule has 0 aromatic heterocycles. The molecule has 21 nitrogen and oxygen atoms in total. The fraction of sp³-hybridized carbons (Fsp3) is 0.484. The standard InChI is InChI=1S/C31H36O21/c32-7-18-22(39)24(41)26(43)30(51-18)49-16-4-10(33)3-15-11(16)5-17(28(48-15)9-1-12(34)21(38)13(35)2-9)50-31-27(44)25(42)23(40)19(52-31)8-47-20(37)6-14(36)29(45)46/h1-5,14,18-19,22-28,30-36,38-44H,6-8H2,(H,45,46)/p+1/t14-,18-,19+,22-,23+,24+,25-,26-,27+,28?,30-,31+/m1/s1. The summed E-state index contributed by atoms with van der Waals surface area (Å²) in [6.07, 6.45) is -21.2. The third kappa shape index (κ3) is 7.88. The highest BCUT2D eigenvalue weighted by Gasteiger charge is 2.48. The van der Waals surface area contributed by atoms with Crippen LogP contribution in [0.2, 0.25) is 0 Å². The van der Waals surface area contributed by atoms with E-state index >= 15 is 0 Å². The molecular formula is C31H37O21+. The lowest BCUT2D eigenvalue weighted by atomic mass is 9.98. The molecule has 3 aliphatic rings. The highest BCUT2D eigenvalue weighted by Crippen LogP contribution is 2.48. The maximum Gasteiger partial charge on any atom is 0.333 e. The minimum Gasteiger partial charge on any atom is -0.571 e. The van der Waals surface area contributed by atoms with Gasteiger partial charge in [0, 0.05) is 12.1 Å². The van der Waals surface area contributed by atoms with Crippen molar-refractivity contribution in [1.29, 1.82) is 0 Å². The zero-order valence-corrected chi connectivity index (χ0v) is 26.6. The Labute approximate surface area is 291 Å². The Balaban J connectivity index is 1.49. The molecule has 5 rings (SSSR count). The van der Waals surface area contributed by atoms with Gasteiger partial charge in [0.25, 0.3) is 11.9 Å². The number of hydrogen-bond donors (Lipinski definition) is 13. The molecule has 0 saturated carbocycles. The molecule has 0 spiro atoms. The summed E-state index contributed by atoms with van der Waals surface area (Å²) in [6, 6.07) is 4.17. The van der Waals surface area contributed by atoms with Gasteiger partial charge in [0.1, 0.15) is 72.5 Å². The van der Waals surface area contributed by atoms with Crippen LogP contribution >= 0.6 is 0 Å². The Kier molecular flexibility index (Phi) is 11.5. The van der Waals surface area contributed by atoms with E-state index in [1.54, 1.807) is 0 Å². The molecule has 0 radical (unpaired) electrons. The van der Waals surface area contributed by atoms with Gasteiger partial charge in [-0.05, 0) is 12.1 Å². The number of aliphatic hydroxyl groups is 9. The Morgan fingerprint density at radius 2 is 1.37 bits per heavy atom. The van der Waals surface area contributed by atoms with Gasteiger partial charge in [-0.1, -0.05) is 0 Å². The number of aromatic hydroxyl groups is 5. The first-order valence-electron chi connectivity index (χ1n) is 15.4. The highest BCUT2D eigenvalue weighted by atomic mass is 16.7. The third-order valence-electron chi connectivity index (χ3n) is 8.40. The summed E-state index contributed by atoms with van der Waals surface area (Å²) in [4.78, 5) is 22.9. The van der Waals surface area contributed by atoms with Crippen LogP contribution in [0.1, 0.15) is 23.7 Å². The molecule has 2 aromatic rings. The second kappa shape index (κ2) is 15.5. The zero-order chi connectivity index (χ0) is 38.2. The summed E-state index contributed by atoms with van der Waals surface area (Å²) in [5.74, 6) is -6.48. The average Bonchev–Trinajstić information content (AvgIpc) is 3.09. The number of hydrogen-bond acceptors (Lipinski definition) is 19. The largest absolute Gasteiger partial charge is 0.571 e. The summed E-state index contributed by atoms with van der Waals surface area (Å²) in [6.45, 7) is -1.60. The molecule has 2 saturated heterocycles. The van der Waals surface area contributed by atoms with Gasteiger partial charge in [0.2, 0.25) is 12.6 Å². The molecule has 3 heterocycles. The third-order valence-corrected chi connectivity index (χ3v) is 8.40. The van der Waals surface area contributed by atoms with Crippen molar-refractivity contribution in [2.75, 3.05) is 13.2 Å². The van der Waals surface area contributed by atoms with E-state index in [-0.39, 0.29) is 28.4 Å². The van der Waals surface area contributed by atoms with Crippen LogP contribution in [0.25, 0.3) is 6.08 Å². The van der Waals surface area contributed by atoms with Crippen LogP contribution in [0.4, 0.5) is 0 Å². The lowest BCUT2D eigenvalue weighted by Crippen LogP contribution is -2.60. The molecule has 21 heteroatoms. The quantitative estimate of drug-likeness (QED) is 0.0596. The number of carbonyl (C=O) groups excluding carboxylic acids is 1. The minimum absolute atomic E-state index is 0.0263. The van der Waals surface area contributed by atoms with E-state index in [0.717, 1.165) is 24.3 Å². The van der Waals surface area contributed by atoms with Crippen LogP contribution in [0.3, 0.4) is 0 Å². The summed E-state index contributed by atoms with van der Waals surface area (Å²) < 4.78 is 32.0. The van der Waals surface area contributed by atoms with Gasteiger partial charge in [-0.2, -0.15) is 0 Å². The SMILES string of the molecule is O=C(C[C@@H](O)C(=O)O)OC[C@@H]1O[C@H](OC2=Cc3c(O[C@@H]4O[C@H](CO)[C@@H](O)[C@H](O)[C@H]4O)cc(O)cc3[OH+]C2c2cc(O)c(O)c(O)c2)[C@@H](O)[C@H](O)[C@H]1O. The second-order valence-corrected chi connectivity index (χ2v) is 12.1. The van der Waals surface area contributed by atoms with Crippen molar-refractivity contribution in [3.05, 3.63) is 41.2 Å². The molecule has 12 atom stereocenters. The molecule has 286 valence electrons. The van der Waals surface area contributed by atoms with Gasteiger partial charge >= 0.3 is 11.9 Å². The predicted molar refractivity (Wildman–Crippen MR) is 163 cm³/mol. The van der Waals surface area contributed by atoms with E-state index in [1.807, 2.05) is 0 Å². The molecule has 3 aliphatic heterocycles. The Morgan fingerprint density at radius 3 is 1.96 bits per heavy atom. The monoisotopic (exact) mass is 745 g/mol. The summed E-state index contributed by atoms with van der Waals surface area (Å²) in [5.41, 5.74) is -0.0839. The number of rotatable bonds is 11. The predicted octanol–water partition coefficient (Wildman–Crippen LogP) is -3.77. The van der Waals surface area contributed by atoms with Crippen molar-refractivity contribution < 1.29 is 104 Å². The molecule has 0 amide bonds. The van der Waals surface area contributed by atoms with Crippen LogP contribution in [-0.4, -0.2) is 164 Å². The van der Waals surface area contributed by atoms with Crippen LogP contribution in [0.15, 0.2) is 30.0 Å².